The van der Waals surface area contributed by atoms with Gasteiger partial charge in [0.2, 0.25) is 11.8 Å². The van der Waals surface area contributed by atoms with E-state index in [9.17, 15) is 14.4 Å². The van der Waals surface area contributed by atoms with Crippen molar-refractivity contribution >= 4 is 17.9 Å². The highest BCUT2D eigenvalue weighted by Gasteiger charge is 2.26. The lowest BCUT2D eigenvalue weighted by atomic mass is 10.0. The largest absolute Gasteiger partial charge is 0.445 e. The van der Waals surface area contributed by atoms with Gasteiger partial charge in [-0.3, -0.25) is 9.59 Å². The van der Waals surface area contributed by atoms with E-state index < -0.39 is 30.0 Å². The Bertz CT molecular complexity index is 685. The second-order valence-electron chi connectivity index (χ2n) is 6.90. The normalized spacial score (nSPS) is 12.5. The second-order valence-corrected chi connectivity index (χ2v) is 6.90. The molecule has 0 radical (unpaired) electrons. The Morgan fingerprint density at radius 3 is 2.39 bits per heavy atom. The van der Waals surface area contributed by atoms with Crippen molar-refractivity contribution in [2.45, 2.75) is 58.2 Å². The molecule has 1 aromatic rings. The van der Waals surface area contributed by atoms with Crippen molar-refractivity contribution in [3.05, 3.63) is 35.9 Å². The number of nitriles is 1. The molecule has 152 valence electrons. The van der Waals surface area contributed by atoms with Gasteiger partial charge in [-0.1, -0.05) is 44.2 Å². The number of nitrogens with one attached hydrogen (secondary N) is 2. The van der Waals surface area contributed by atoms with Crippen molar-refractivity contribution in [2.75, 3.05) is 0 Å². The van der Waals surface area contributed by atoms with Crippen LogP contribution in [-0.2, 0) is 20.9 Å². The van der Waals surface area contributed by atoms with E-state index in [4.69, 9.17) is 15.7 Å². The fourth-order valence-electron chi connectivity index (χ4n) is 2.55. The third-order valence-electron chi connectivity index (χ3n) is 3.97. The molecule has 3 amide bonds. The van der Waals surface area contributed by atoms with Crippen molar-refractivity contribution in [1.29, 1.82) is 5.26 Å². The molecule has 0 saturated heterocycles. The zero-order valence-corrected chi connectivity index (χ0v) is 16.3. The van der Waals surface area contributed by atoms with Crippen molar-refractivity contribution in [2.24, 2.45) is 11.7 Å². The number of nitrogens with zero attached hydrogens (tertiary/aromatic N) is 1. The number of unbranched alkanes of at least 4 members (excludes halogenated alkanes) is 1. The van der Waals surface area contributed by atoms with E-state index in [0.717, 1.165) is 5.56 Å². The van der Waals surface area contributed by atoms with Crippen molar-refractivity contribution < 1.29 is 19.1 Å². The molecule has 0 aliphatic carbocycles. The molecule has 0 bridgehead atoms. The molecule has 1 aromatic carbocycles. The van der Waals surface area contributed by atoms with Crippen molar-refractivity contribution in [3.8, 4) is 6.07 Å². The Morgan fingerprint density at radius 1 is 1.14 bits per heavy atom. The minimum atomic E-state index is -0.891. The fraction of sp³-hybridized carbons (Fsp3) is 0.500. The average molecular weight is 388 g/mol. The first-order valence-corrected chi connectivity index (χ1v) is 9.27. The van der Waals surface area contributed by atoms with Gasteiger partial charge in [0, 0.05) is 6.42 Å². The third-order valence-corrected chi connectivity index (χ3v) is 3.97. The zero-order chi connectivity index (χ0) is 20.9. The van der Waals surface area contributed by atoms with E-state index in [2.05, 4.69) is 10.6 Å². The second kappa shape index (κ2) is 12.3. The van der Waals surface area contributed by atoms with Gasteiger partial charge < -0.3 is 21.1 Å². The molecule has 8 heteroatoms. The number of ether oxygens (including phenoxy) is 1. The quantitative estimate of drug-likeness (QED) is 0.498. The summed E-state index contributed by atoms with van der Waals surface area (Å²) in [6, 6.07) is 9.41. The number of benzene rings is 1. The van der Waals surface area contributed by atoms with Crippen LogP contribution in [0, 0.1) is 17.2 Å². The van der Waals surface area contributed by atoms with E-state index in [0.29, 0.717) is 12.8 Å². The SMILES string of the molecule is CC(C)C[C@H](NC(=O)OCc1ccccc1)C(=O)N[C@H](CCCC#N)C(N)=O. The third kappa shape index (κ3) is 9.03. The fourth-order valence-corrected chi connectivity index (χ4v) is 2.55. The number of carbonyl (C=O) groups is 3. The van der Waals surface area contributed by atoms with Gasteiger partial charge in [0.1, 0.15) is 18.7 Å². The summed E-state index contributed by atoms with van der Waals surface area (Å²) in [5.41, 5.74) is 6.16. The molecule has 0 aliphatic rings. The van der Waals surface area contributed by atoms with Crippen LogP contribution < -0.4 is 16.4 Å². The highest BCUT2D eigenvalue weighted by atomic mass is 16.5. The van der Waals surface area contributed by atoms with Crippen molar-refractivity contribution in [1.82, 2.24) is 10.6 Å². The molecule has 4 N–H and O–H groups in total. The molecule has 1 rings (SSSR count). The van der Waals surface area contributed by atoms with Crippen molar-refractivity contribution in [3.63, 3.8) is 0 Å². The summed E-state index contributed by atoms with van der Waals surface area (Å²) in [5, 5.41) is 13.7. The van der Waals surface area contributed by atoms with Crippen LogP contribution in [0.1, 0.15) is 45.1 Å². The molecule has 28 heavy (non-hydrogen) atoms. The van der Waals surface area contributed by atoms with Gasteiger partial charge in [0.15, 0.2) is 0 Å². The first kappa shape index (κ1) is 23.0. The predicted molar refractivity (Wildman–Crippen MR) is 104 cm³/mol. The van der Waals surface area contributed by atoms with Crippen LogP contribution in [0.25, 0.3) is 0 Å². The predicted octanol–water partition coefficient (Wildman–Crippen LogP) is 1.99. The maximum Gasteiger partial charge on any atom is 0.408 e. The van der Waals surface area contributed by atoms with Crippen LogP contribution >= 0.6 is 0 Å². The maximum atomic E-state index is 12.6. The lowest BCUT2D eigenvalue weighted by Crippen LogP contribution is -2.53. The van der Waals surface area contributed by atoms with Crippen LogP contribution in [0.2, 0.25) is 0 Å². The van der Waals surface area contributed by atoms with Gasteiger partial charge in [0.05, 0.1) is 6.07 Å². The first-order chi connectivity index (χ1) is 13.3. The number of hydrogen-bond donors (Lipinski definition) is 3. The molecular formula is C20H28N4O4. The molecule has 8 nitrogen and oxygen atoms in total. The van der Waals surface area contributed by atoms with E-state index >= 15 is 0 Å². The van der Waals surface area contributed by atoms with Gasteiger partial charge in [-0.05, 0) is 30.7 Å². The van der Waals surface area contributed by atoms with E-state index in [-0.39, 0.29) is 25.4 Å². The highest BCUT2D eigenvalue weighted by Crippen LogP contribution is 2.08. The molecule has 0 spiro atoms. The first-order valence-electron chi connectivity index (χ1n) is 9.27. The number of carbonyl (C=O) groups excluding carboxylic acids is 3. The number of amides is 3. The smallest absolute Gasteiger partial charge is 0.408 e. The topological polar surface area (TPSA) is 134 Å². The van der Waals surface area contributed by atoms with E-state index in [1.807, 2.05) is 50.2 Å². The summed E-state index contributed by atoms with van der Waals surface area (Å²) in [7, 11) is 0. The summed E-state index contributed by atoms with van der Waals surface area (Å²) in [4.78, 5) is 36.3. The lowest BCUT2D eigenvalue weighted by Gasteiger charge is -2.23. The molecule has 0 fully saturated rings. The van der Waals surface area contributed by atoms with Crippen LogP contribution in [0.5, 0.6) is 0 Å². The monoisotopic (exact) mass is 388 g/mol. The molecule has 0 aliphatic heterocycles. The molecule has 0 heterocycles. The van der Waals surface area contributed by atoms with Crippen LogP contribution in [0.3, 0.4) is 0 Å². The number of primary amides is 1. The number of alkyl carbamates (subject to hydrolysis) is 1. The minimum absolute atomic E-state index is 0.0841. The van der Waals surface area contributed by atoms with Crippen LogP contribution in [0.15, 0.2) is 30.3 Å². The molecule has 0 saturated carbocycles. The summed E-state index contributed by atoms with van der Waals surface area (Å²) in [5.74, 6) is -1.07. The van der Waals surface area contributed by atoms with Gasteiger partial charge in [-0.2, -0.15) is 5.26 Å². The van der Waals surface area contributed by atoms with Gasteiger partial charge >= 0.3 is 6.09 Å². The Kier molecular flexibility index (Phi) is 10.1. The number of rotatable bonds is 11. The van der Waals surface area contributed by atoms with Gasteiger partial charge in [-0.25, -0.2) is 4.79 Å². The number of hydrogen-bond acceptors (Lipinski definition) is 5. The standard InChI is InChI=1S/C20H28N4O4/c1-14(2)12-17(19(26)23-16(18(22)25)10-6-7-11-21)24-20(27)28-13-15-8-4-3-5-9-15/h3-5,8-9,14,16-17H,6-7,10,12-13H2,1-2H3,(H2,22,25)(H,23,26)(H,24,27)/t16-,17+/m1/s1. The molecule has 2 atom stereocenters. The van der Waals surface area contributed by atoms with Gasteiger partial charge in [0.25, 0.3) is 0 Å². The van der Waals surface area contributed by atoms with Gasteiger partial charge in [-0.15, -0.1) is 0 Å². The zero-order valence-electron chi connectivity index (χ0n) is 16.3. The Balaban J connectivity index is 2.66. The van der Waals surface area contributed by atoms with E-state index in [1.54, 1.807) is 0 Å². The minimum Gasteiger partial charge on any atom is -0.445 e. The highest BCUT2D eigenvalue weighted by molar-refractivity contribution is 5.90. The summed E-state index contributed by atoms with van der Waals surface area (Å²) < 4.78 is 5.16. The summed E-state index contributed by atoms with van der Waals surface area (Å²) in [6.45, 7) is 3.91. The Hall–Kier alpha value is -3.08. The summed E-state index contributed by atoms with van der Waals surface area (Å²) in [6.07, 6.45) is 0.618. The number of nitrogens with two attached hydrogens (primary N) is 1. The lowest BCUT2D eigenvalue weighted by molar-refractivity contribution is -0.129. The average Bonchev–Trinajstić information content (AvgIpc) is 2.65. The maximum absolute atomic E-state index is 12.6. The van der Waals surface area contributed by atoms with Crippen LogP contribution in [0.4, 0.5) is 4.79 Å². The Labute approximate surface area is 165 Å². The molecule has 0 aromatic heterocycles. The summed E-state index contributed by atoms with van der Waals surface area (Å²) >= 11 is 0. The Morgan fingerprint density at radius 2 is 1.82 bits per heavy atom. The van der Waals surface area contributed by atoms with Crippen LogP contribution in [-0.4, -0.2) is 30.0 Å². The molecule has 0 unspecified atom stereocenters. The van der Waals surface area contributed by atoms with E-state index in [1.165, 1.54) is 0 Å². The molecular weight excluding hydrogens is 360 g/mol.